The van der Waals surface area contributed by atoms with Gasteiger partial charge < -0.3 is 0 Å². The molecule has 0 aliphatic carbocycles. The van der Waals surface area contributed by atoms with Crippen molar-refractivity contribution >= 4 is 17.6 Å². The Kier molecular flexibility index (Phi) is 8.63. The molecule has 1 saturated heterocycles. The summed E-state index contributed by atoms with van der Waals surface area (Å²) in [6.07, 6.45) is 0.556. The number of nitrogens with zero attached hydrogens (tertiary/aromatic N) is 1. The molecule has 0 saturated carbocycles. The smallest absolute Gasteiger partial charge is 0.232 e. The van der Waals surface area contributed by atoms with Gasteiger partial charge in [0.05, 0.1) is 0 Å². The van der Waals surface area contributed by atoms with E-state index >= 15 is 0 Å². The lowest BCUT2D eigenvalue weighted by Crippen LogP contribution is -2.32. The van der Waals surface area contributed by atoms with Gasteiger partial charge in [-0.1, -0.05) is 28.2 Å². The predicted octanol–water partition coefficient (Wildman–Crippen LogP) is 2.02. The van der Waals surface area contributed by atoms with Crippen LogP contribution in [-0.4, -0.2) is 29.0 Å². The van der Waals surface area contributed by atoms with Gasteiger partial charge in [0.25, 0.3) is 0 Å². The first-order valence-electron chi connectivity index (χ1n) is 5.36. The summed E-state index contributed by atoms with van der Waals surface area (Å²) in [5.41, 5.74) is 0. The lowest BCUT2D eigenvalue weighted by Gasteiger charge is -2.12. The van der Waals surface area contributed by atoms with Crippen molar-refractivity contribution in [2.75, 3.05) is 6.54 Å². The predicted molar refractivity (Wildman–Crippen MR) is 63.9 cm³/mol. The van der Waals surface area contributed by atoms with Crippen LogP contribution in [0, 0.1) is 5.92 Å². The number of imide groups is 1. The van der Waals surface area contributed by atoms with Crippen molar-refractivity contribution in [1.82, 2.24) is 4.90 Å². The summed E-state index contributed by atoms with van der Waals surface area (Å²) in [7, 11) is 0. The number of ketones is 1. The van der Waals surface area contributed by atoms with Gasteiger partial charge in [0.1, 0.15) is 5.78 Å². The van der Waals surface area contributed by atoms with Crippen molar-refractivity contribution in [1.29, 1.82) is 0 Å². The Labute approximate surface area is 98.0 Å². The van der Waals surface area contributed by atoms with Gasteiger partial charge in [0, 0.05) is 25.3 Å². The Morgan fingerprint density at radius 2 is 1.88 bits per heavy atom. The molecule has 0 aromatic carbocycles. The van der Waals surface area contributed by atoms with Gasteiger partial charge in [-0.3, -0.25) is 19.3 Å². The molecule has 0 radical (unpaired) electrons. The molecular formula is C12H23NO3. The van der Waals surface area contributed by atoms with Crippen LogP contribution in [-0.2, 0) is 14.4 Å². The molecule has 0 aromatic rings. The highest BCUT2D eigenvalue weighted by Crippen LogP contribution is 2.18. The van der Waals surface area contributed by atoms with Crippen LogP contribution in [0.4, 0.5) is 0 Å². The fourth-order valence-electron chi connectivity index (χ4n) is 1.35. The van der Waals surface area contributed by atoms with Crippen molar-refractivity contribution in [2.24, 2.45) is 5.92 Å². The minimum Gasteiger partial charge on any atom is -0.300 e. The van der Waals surface area contributed by atoms with Crippen molar-refractivity contribution in [3.8, 4) is 0 Å². The molecule has 2 amide bonds. The van der Waals surface area contributed by atoms with E-state index in [9.17, 15) is 14.4 Å². The zero-order valence-corrected chi connectivity index (χ0v) is 9.87. The second-order valence-electron chi connectivity index (χ2n) is 3.44. The Balaban J connectivity index is 0. The van der Waals surface area contributed by atoms with Gasteiger partial charge in [-0.05, 0) is 6.92 Å². The van der Waals surface area contributed by atoms with Crippen LogP contribution in [0.2, 0.25) is 0 Å². The van der Waals surface area contributed by atoms with Crippen molar-refractivity contribution in [3.05, 3.63) is 0 Å². The summed E-state index contributed by atoms with van der Waals surface area (Å²) in [6, 6.07) is 0. The minimum atomic E-state index is -0.209. The van der Waals surface area contributed by atoms with Gasteiger partial charge in [0.2, 0.25) is 11.8 Å². The van der Waals surface area contributed by atoms with Crippen molar-refractivity contribution in [2.45, 2.75) is 48.0 Å². The van der Waals surface area contributed by atoms with E-state index in [2.05, 4.69) is 0 Å². The SMILES string of the molecule is C.CC.CC(=O)CCN1C(=O)CC(C)C1=O. The van der Waals surface area contributed by atoms with E-state index < -0.39 is 0 Å². The van der Waals surface area contributed by atoms with E-state index in [0.29, 0.717) is 0 Å². The average Bonchev–Trinajstić information content (AvgIpc) is 2.42. The first-order chi connectivity index (χ1) is 7.02. The number of carbonyl (C=O) groups excluding carboxylic acids is 3. The van der Waals surface area contributed by atoms with Crippen LogP contribution in [0.3, 0.4) is 0 Å². The van der Waals surface area contributed by atoms with Gasteiger partial charge in [-0.2, -0.15) is 0 Å². The van der Waals surface area contributed by atoms with Crippen LogP contribution in [0.25, 0.3) is 0 Å². The van der Waals surface area contributed by atoms with E-state index in [1.807, 2.05) is 13.8 Å². The third kappa shape index (κ3) is 4.55. The number of carbonyl (C=O) groups is 3. The molecular weight excluding hydrogens is 206 g/mol. The van der Waals surface area contributed by atoms with E-state index in [0.717, 1.165) is 0 Å². The number of hydrogen-bond donors (Lipinski definition) is 0. The number of hydrogen-bond acceptors (Lipinski definition) is 3. The summed E-state index contributed by atoms with van der Waals surface area (Å²) >= 11 is 0. The molecule has 1 rings (SSSR count). The first-order valence-corrected chi connectivity index (χ1v) is 5.36. The highest BCUT2D eigenvalue weighted by molar-refractivity contribution is 6.03. The quantitative estimate of drug-likeness (QED) is 0.696. The third-order valence-electron chi connectivity index (χ3n) is 2.16. The highest BCUT2D eigenvalue weighted by Gasteiger charge is 2.34. The van der Waals surface area contributed by atoms with E-state index in [1.54, 1.807) is 6.92 Å². The summed E-state index contributed by atoms with van der Waals surface area (Å²) in [6.45, 7) is 7.43. The Hall–Kier alpha value is -1.19. The summed E-state index contributed by atoms with van der Waals surface area (Å²) < 4.78 is 0. The molecule has 0 aromatic heterocycles. The molecule has 1 fully saturated rings. The zero-order chi connectivity index (χ0) is 12.0. The topological polar surface area (TPSA) is 54.5 Å². The van der Waals surface area contributed by atoms with Crippen molar-refractivity contribution < 1.29 is 14.4 Å². The zero-order valence-electron chi connectivity index (χ0n) is 9.87. The molecule has 16 heavy (non-hydrogen) atoms. The Morgan fingerprint density at radius 3 is 2.19 bits per heavy atom. The summed E-state index contributed by atoms with van der Waals surface area (Å²) in [5.74, 6) is -0.510. The van der Waals surface area contributed by atoms with Gasteiger partial charge >= 0.3 is 0 Å². The molecule has 4 nitrogen and oxygen atoms in total. The Bertz CT molecular complexity index is 261. The molecule has 1 heterocycles. The Morgan fingerprint density at radius 1 is 1.38 bits per heavy atom. The molecule has 0 N–H and O–H groups in total. The minimum absolute atomic E-state index is 0. The van der Waals surface area contributed by atoms with Gasteiger partial charge in [-0.15, -0.1) is 0 Å². The van der Waals surface area contributed by atoms with E-state index in [4.69, 9.17) is 0 Å². The van der Waals surface area contributed by atoms with Crippen molar-refractivity contribution in [3.63, 3.8) is 0 Å². The molecule has 4 heteroatoms. The number of Topliss-reactive ketones (excluding diaryl/α,β-unsaturated/α-hetero) is 1. The normalized spacial score (nSPS) is 18.8. The first kappa shape index (κ1) is 17.2. The van der Waals surface area contributed by atoms with Crippen LogP contribution >= 0.6 is 0 Å². The molecule has 1 aliphatic heterocycles. The largest absolute Gasteiger partial charge is 0.300 e. The molecule has 94 valence electrons. The summed E-state index contributed by atoms with van der Waals surface area (Å²) in [4.78, 5) is 34.4. The monoisotopic (exact) mass is 229 g/mol. The maximum absolute atomic E-state index is 11.3. The average molecular weight is 229 g/mol. The van der Waals surface area contributed by atoms with Crippen LogP contribution in [0.5, 0.6) is 0 Å². The number of amides is 2. The second kappa shape index (κ2) is 8.02. The lowest BCUT2D eigenvalue weighted by molar-refractivity contribution is -0.139. The van der Waals surface area contributed by atoms with Crippen LogP contribution < -0.4 is 0 Å². The number of rotatable bonds is 3. The fraction of sp³-hybridized carbons (Fsp3) is 0.750. The molecule has 0 spiro atoms. The summed E-state index contributed by atoms with van der Waals surface area (Å²) in [5, 5.41) is 0. The molecule has 1 unspecified atom stereocenters. The lowest BCUT2D eigenvalue weighted by atomic mass is 10.1. The van der Waals surface area contributed by atoms with E-state index in [-0.39, 0.29) is 50.3 Å². The second-order valence-corrected chi connectivity index (χ2v) is 3.44. The van der Waals surface area contributed by atoms with E-state index in [1.165, 1.54) is 11.8 Å². The van der Waals surface area contributed by atoms with Crippen LogP contribution in [0.15, 0.2) is 0 Å². The van der Waals surface area contributed by atoms with Gasteiger partial charge in [0.15, 0.2) is 0 Å². The molecule has 0 bridgehead atoms. The van der Waals surface area contributed by atoms with Crippen LogP contribution in [0.1, 0.15) is 48.0 Å². The maximum Gasteiger partial charge on any atom is 0.232 e. The highest BCUT2D eigenvalue weighted by atomic mass is 16.2. The number of likely N-dealkylation sites (tertiary alicyclic amines) is 1. The standard InChI is InChI=1S/C9H13NO3.C2H6.CH4/c1-6-5-8(12)10(9(6)13)4-3-7(2)11;1-2;/h6H,3-5H2,1-2H3;1-2H3;1H4. The third-order valence-corrected chi connectivity index (χ3v) is 2.16. The maximum atomic E-state index is 11.3. The molecule has 1 aliphatic rings. The molecule has 1 atom stereocenters. The fourth-order valence-corrected chi connectivity index (χ4v) is 1.35. The van der Waals surface area contributed by atoms with Gasteiger partial charge in [-0.25, -0.2) is 0 Å².